The smallest absolute Gasteiger partial charge is 0.404 e. The average Bonchev–Trinajstić information content (AvgIpc) is 2.15. The number of anilines is 1. The summed E-state index contributed by atoms with van der Waals surface area (Å²) >= 11 is 4.46. The number of hydrogen-bond donors (Lipinski definition) is 3. The van der Waals surface area contributed by atoms with E-state index in [0.29, 0.717) is 0 Å². The summed E-state index contributed by atoms with van der Waals surface area (Å²) in [6.07, 6.45) is -4.95. The Hall–Kier alpha value is -1.59. The maximum Gasteiger partial charge on any atom is 0.573 e. The Morgan fingerprint density at radius 3 is 2.37 bits per heavy atom. The second-order valence-electron chi connectivity index (χ2n) is 3.24. The van der Waals surface area contributed by atoms with Gasteiger partial charge in [-0.15, -0.1) is 13.2 Å². The second kappa shape index (κ2) is 5.19. The zero-order chi connectivity index (χ0) is 14.8. The van der Waals surface area contributed by atoms with Crippen LogP contribution in [0.5, 0.6) is 5.75 Å². The van der Waals surface area contributed by atoms with Crippen molar-refractivity contribution in [2.24, 2.45) is 10.9 Å². The number of thiocarbonyl (C=S) groups is 1. The van der Waals surface area contributed by atoms with E-state index < -0.39 is 27.0 Å². The van der Waals surface area contributed by atoms with E-state index in [4.69, 9.17) is 10.9 Å². The van der Waals surface area contributed by atoms with Gasteiger partial charge in [-0.2, -0.15) is 0 Å². The summed E-state index contributed by atoms with van der Waals surface area (Å²) in [6, 6.07) is 2.48. The van der Waals surface area contributed by atoms with Crippen LogP contribution in [0.2, 0.25) is 0 Å². The van der Waals surface area contributed by atoms with Crippen molar-refractivity contribution in [2.75, 3.05) is 5.32 Å². The molecule has 0 radical (unpaired) electrons. The number of nitrogens with one attached hydrogen (secondary N) is 1. The molecule has 0 spiro atoms. The molecule has 11 heteroatoms. The van der Waals surface area contributed by atoms with E-state index >= 15 is 0 Å². The van der Waals surface area contributed by atoms with Crippen LogP contribution in [0, 0.1) is 0 Å². The lowest BCUT2D eigenvalue weighted by Gasteiger charge is -2.14. The molecule has 0 amide bonds. The van der Waals surface area contributed by atoms with Gasteiger partial charge >= 0.3 is 6.36 Å². The van der Waals surface area contributed by atoms with Crippen LogP contribution in [0.1, 0.15) is 0 Å². The zero-order valence-corrected chi connectivity index (χ0v) is 10.7. The molecule has 0 fully saturated rings. The Balaban J connectivity index is 3.28. The van der Waals surface area contributed by atoms with E-state index in [-0.39, 0.29) is 10.8 Å². The number of benzene rings is 1. The molecule has 1 aromatic rings. The van der Waals surface area contributed by atoms with Crippen molar-refractivity contribution in [1.29, 1.82) is 0 Å². The predicted octanol–water partition coefficient (Wildman–Crippen LogP) is 0.888. The fourth-order valence-corrected chi connectivity index (χ4v) is 1.78. The van der Waals surface area contributed by atoms with Crippen molar-refractivity contribution < 1.29 is 26.3 Å². The molecular weight excluding hydrogens is 307 g/mol. The van der Waals surface area contributed by atoms with Crippen molar-refractivity contribution in [3.63, 3.8) is 0 Å². The molecule has 0 saturated heterocycles. The van der Waals surface area contributed by atoms with Crippen LogP contribution in [0.4, 0.5) is 18.9 Å². The predicted molar refractivity (Wildman–Crippen MR) is 64.9 cm³/mol. The molecule has 1 aromatic carbocycles. The summed E-state index contributed by atoms with van der Waals surface area (Å²) in [7, 11) is -4.08. The second-order valence-corrected chi connectivity index (χ2v) is 5.24. The summed E-state index contributed by atoms with van der Waals surface area (Å²) in [6.45, 7) is 0. The molecule has 0 aliphatic carbocycles. The Labute approximate surface area is 111 Å². The number of nitrogens with two attached hydrogens (primary N) is 2. The van der Waals surface area contributed by atoms with Gasteiger partial charge in [0.15, 0.2) is 10.9 Å². The van der Waals surface area contributed by atoms with Gasteiger partial charge in [-0.3, -0.25) is 0 Å². The van der Waals surface area contributed by atoms with Crippen molar-refractivity contribution in [3.8, 4) is 5.75 Å². The van der Waals surface area contributed by atoms with E-state index in [9.17, 15) is 21.6 Å². The highest BCUT2D eigenvalue weighted by molar-refractivity contribution is 7.89. The molecule has 0 unspecified atom stereocenters. The summed E-state index contributed by atoms with van der Waals surface area (Å²) < 4.78 is 62.3. The van der Waals surface area contributed by atoms with Crippen LogP contribution in [0.3, 0.4) is 0 Å². The highest BCUT2D eigenvalue weighted by Gasteiger charge is 2.32. The fraction of sp³-hybridized carbons (Fsp3) is 0.125. The molecule has 5 N–H and O–H groups in total. The number of hydrogen-bond acceptors (Lipinski definition) is 4. The third-order valence-corrected chi connectivity index (χ3v) is 2.78. The molecule has 6 nitrogen and oxygen atoms in total. The van der Waals surface area contributed by atoms with E-state index in [0.717, 1.165) is 18.2 Å². The third-order valence-electron chi connectivity index (χ3n) is 1.76. The lowest BCUT2D eigenvalue weighted by atomic mass is 10.3. The summed E-state index contributed by atoms with van der Waals surface area (Å²) in [5, 5.41) is 6.66. The van der Waals surface area contributed by atoms with Crippen LogP contribution in [0.15, 0.2) is 23.1 Å². The minimum absolute atomic E-state index is 0.362. The van der Waals surface area contributed by atoms with Gasteiger partial charge in [0.2, 0.25) is 10.0 Å². The number of alkyl halides is 3. The maximum absolute atomic E-state index is 12.1. The lowest BCUT2D eigenvalue weighted by Crippen LogP contribution is -2.23. The number of ether oxygens (including phenoxy) is 1. The number of primary sulfonamides is 1. The van der Waals surface area contributed by atoms with Crippen LogP contribution in [0.25, 0.3) is 0 Å². The minimum Gasteiger partial charge on any atom is -0.404 e. The van der Waals surface area contributed by atoms with Crippen molar-refractivity contribution in [1.82, 2.24) is 0 Å². The quantitative estimate of drug-likeness (QED) is 0.715. The summed E-state index contributed by atoms with van der Waals surface area (Å²) in [4.78, 5) is -0.416. The maximum atomic E-state index is 12.1. The minimum atomic E-state index is -4.95. The highest BCUT2D eigenvalue weighted by Crippen LogP contribution is 2.32. The third kappa shape index (κ3) is 4.89. The molecule has 1 rings (SSSR count). The van der Waals surface area contributed by atoms with E-state index in [1.54, 1.807) is 0 Å². The van der Waals surface area contributed by atoms with Gasteiger partial charge in [0.1, 0.15) is 0 Å². The summed E-state index contributed by atoms with van der Waals surface area (Å²) in [5.41, 5.74) is 4.75. The molecule has 0 bridgehead atoms. The average molecular weight is 315 g/mol. The van der Waals surface area contributed by atoms with E-state index in [2.05, 4.69) is 22.3 Å². The molecular formula is C8H8F3N3O3S2. The molecule has 0 heterocycles. The molecule has 19 heavy (non-hydrogen) atoms. The Bertz CT molecular complexity index is 601. The van der Waals surface area contributed by atoms with Gasteiger partial charge in [-0.25, -0.2) is 13.6 Å². The first-order valence-corrected chi connectivity index (χ1v) is 6.43. The Morgan fingerprint density at radius 1 is 1.37 bits per heavy atom. The Kier molecular flexibility index (Phi) is 4.22. The van der Waals surface area contributed by atoms with Crippen LogP contribution < -0.4 is 20.9 Å². The van der Waals surface area contributed by atoms with Gasteiger partial charge in [0.05, 0.1) is 10.6 Å². The number of sulfonamides is 1. The van der Waals surface area contributed by atoms with Gasteiger partial charge in [-0.05, 0) is 30.4 Å². The van der Waals surface area contributed by atoms with Crippen LogP contribution >= 0.6 is 12.2 Å². The number of rotatable bonds is 3. The van der Waals surface area contributed by atoms with E-state index in [1.807, 2.05) is 0 Å². The molecule has 0 saturated carbocycles. The molecule has 0 aromatic heterocycles. The normalized spacial score (nSPS) is 12.0. The van der Waals surface area contributed by atoms with Gasteiger partial charge in [-0.1, -0.05) is 0 Å². The topological polar surface area (TPSA) is 107 Å². The zero-order valence-electron chi connectivity index (χ0n) is 9.06. The highest BCUT2D eigenvalue weighted by atomic mass is 32.2. The fourth-order valence-electron chi connectivity index (χ4n) is 1.13. The SMILES string of the molecule is NC(=S)Nc1cc(S(N)(=O)=O)ccc1OC(F)(F)F. The lowest BCUT2D eigenvalue weighted by molar-refractivity contribution is -0.274. The summed E-state index contributed by atoms with van der Waals surface area (Å²) in [5.74, 6) is -0.687. The molecule has 0 atom stereocenters. The first-order valence-electron chi connectivity index (χ1n) is 4.48. The van der Waals surface area contributed by atoms with Crippen LogP contribution in [-0.4, -0.2) is 19.9 Å². The van der Waals surface area contributed by atoms with Crippen molar-refractivity contribution in [2.45, 2.75) is 11.3 Å². The van der Waals surface area contributed by atoms with E-state index in [1.165, 1.54) is 0 Å². The first kappa shape index (κ1) is 15.5. The first-order chi connectivity index (χ1) is 8.49. The molecule has 0 aliphatic rings. The largest absolute Gasteiger partial charge is 0.573 e. The van der Waals surface area contributed by atoms with Gasteiger partial charge in [0.25, 0.3) is 0 Å². The van der Waals surface area contributed by atoms with Crippen molar-refractivity contribution in [3.05, 3.63) is 18.2 Å². The molecule has 106 valence electrons. The van der Waals surface area contributed by atoms with Crippen molar-refractivity contribution >= 4 is 33.0 Å². The number of halogens is 3. The Morgan fingerprint density at radius 2 is 1.95 bits per heavy atom. The van der Waals surface area contributed by atoms with Gasteiger partial charge in [0, 0.05) is 0 Å². The molecule has 0 aliphatic heterocycles. The van der Waals surface area contributed by atoms with Gasteiger partial charge < -0.3 is 15.8 Å². The standard InChI is InChI=1S/C8H8F3N3O3S2/c9-8(10,11)17-6-2-1-4(19(13,15)16)3-5(6)14-7(12)18/h1-3H,(H3,12,14,18)(H2,13,15,16). The van der Waals surface area contributed by atoms with Crippen LogP contribution in [-0.2, 0) is 10.0 Å². The monoisotopic (exact) mass is 315 g/mol.